The molecule has 2 N–H and O–H groups in total. The summed E-state index contributed by atoms with van der Waals surface area (Å²) in [5.74, 6) is 1.96. The first kappa shape index (κ1) is 18.1. The van der Waals surface area contributed by atoms with Crippen molar-refractivity contribution in [1.82, 2.24) is 5.32 Å². The minimum absolute atomic E-state index is 0.101. The molecule has 0 aromatic heterocycles. The molecule has 2 aromatic rings. The first-order valence-corrected chi connectivity index (χ1v) is 10.4. The third-order valence-corrected chi connectivity index (χ3v) is 6.91. The number of ether oxygens (including phenoxy) is 1. The lowest BCUT2D eigenvalue weighted by Gasteiger charge is -2.60. The zero-order chi connectivity index (χ0) is 19.2. The zero-order valence-electron chi connectivity index (χ0n) is 16.2. The highest BCUT2D eigenvalue weighted by molar-refractivity contribution is 5.29. The molecule has 2 atom stereocenters. The van der Waals surface area contributed by atoms with Crippen molar-refractivity contribution in [3.05, 3.63) is 65.5 Å². The molecule has 4 aliphatic rings. The van der Waals surface area contributed by atoms with Crippen molar-refractivity contribution in [3.8, 4) is 5.75 Å². The second-order valence-corrected chi connectivity index (χ2v) is 9.38. The van der Waals surface area contributed by atoms with Gasteiger partial charge < -0.3 is 15.2 Å². The molecule has 4 fully saturated rings. The summed E-state index contributed by atoms with van der Waals surface area (Å²) in [6.07, 6.45) is 6.60. The van der Waals surface area contributed by atoms with E-state index in [4.69, 9.17) is 4.74 Å². The van der Waals surface area contributed by atoms with E-state index in [0.717, 1.165) is 37.1 Å². The smallest absolute Gasteiger partial charge is 0.123 e. The molecular formula is C24H28FNO2. The van der Waals surface area contributed by atoms with Crippen LogP contribution in [0.2, 0.25) is 0 Å². The van der Waals surface area contributed by atoms with Crippen molar-refractivity contribution in [2.75, 3.05) is 0 Å². The van der Waals surface area contributed by atoms with Gasteiger partial charge in [0, 0.05) is 12.1 Å². The molecule has 6 rings (SSSR count). The minimum atomic E-state index is -0.433. The highest BCUT2D eigenvalue weighted by Crippen LogP contribution is 2.57. The Labute approximate surface area is 165 Å². The van der Waals surface area contributed by atoms with Crippen LogP contribution in [0.3, 0.4) is 0 Å². The van der Waals surface area contributed by atoms with Crippen LogP contribution in [-0.4, -0.2) is 16.2 Å². The Morgan fingerprint density at radius 2 is 1.75 bits per heavy atom. The van der Waals surface area contributed by atoms with Gasteiger partial charge in [0.1, 0.15) is 18.2 Å². The Kier molecular flexibility index (Phi) is 4.44. The van der Waals surface area contributed by atoms with Gasteiger partial charge in [0.2, 0.25) is 0 Å². The summed E-state index contributed by atoms with van der Waals surface area (Å²) < 4.78 is 18.9. The first-order valence-electron chi connectivity index (χ1n) is 10.4. The summed E-state index contributed by atoms with van der Waals surface area (Å²) in [6, 6.07) is 14.6. The number of benzene rings is 2. The maximum Gasteiger partial charge on any atom is 0.123 e. The van der Waals surface area contributed by atoms with Gasteiger partial charge >= 0.3 is 0 Å². The van der Waals surface area contributed by atoms with Gasteiger partial charge in [0.15, 0.2) is 0 Å². The van der Waals surface area contributed by atoms with Gasteiger partial charge in [-0.25, -0.2) is 4.39 Å². The fourth-order valence-electron chi connectivity index (χ4n) is 6.20. The largest absolute Gasteiger partial charge is 0.489 e. The van der Waals surface area contributed by atoms with Crippen molar-refractivity contribution in [2.24, 2.45) is 11.8 Å². The molecule has 0 heterocycles. The van der Waals surface area contributed by atoms with Gasteiger partial charge in [0.05, 0.1) is 5.60 Å². The molecule has 28 heavy (non-hydrogen) atoms. The summed E-state index contributed by atoms with van der Waals surface area (Å²) in [5, 5.41) is 14.7. The highest BCUT2D eigenvalue weighted by atomic mass is 19.1. The molecule has 2 aromatic carbocycles. The number of hydrogen-bond donors (Lipinski definition) is 2. The Hall–Kier alpha value is -1.91. The lowest BCUT2D eigenvalue weighted by atomic mass is 9.51. The van der Waals surface area contributed by atoms with Crippen LogP contribution in [-0.2, 0) is 13.2 Å². The van der Waals surface area contributed by atoms with E-state index in [1.54, 1.807) is 12.1 Å². The van der Waals surface area contributed by atoms with Crippen molar-refractivity contribution < 1.29 is 14.2 Å². The van der Waals surface area contributed by atoms with Crippen LogP contribution in [0.5, 0.6) is 5.75 Å². The molecule has 0 amide bonds. The predicted octanol–water partition coefficient (Wildman–Crippen LogP) is 4.58. The van der Waals surface area contributed by atoms with Crippen LogP contribution in [0.15, 0.2) is 48.5 Å². The fourth-order valence-corrected chi connectivity index (χ4v) is 6.20. The van der Waals surface area contributed by atoms with Gasteiger partial charge in [0.25, 0.3) is 0 Å². The molecule has 0 saturated heterocycles. The number of nitrogens with one attached hydrogen (secondary N) is 1. The van der Waals surface area contributed by atoms with Gasteiger partial charge in [-0.3, -0.25) is 0 Å². The van der Waals surface area contributed by atoms with E-state index >= 15 is 0 Å². The van der Waals surface area contributed by atoms with Gasteiger partial charge in [-0.1, -0.05) is 24.3 Å². The first-order chi connectivity index (χ1) is 13.5. The summed E-state index contributed by atoms with van der Waals surface area (Å²) in [4.78, 5) is 0. The molecule has 4 aliphatic carbocycles. The van der Waals surface area contributed by atoms with E-state index in [1.807, 2.05) is 12.1 Å². The van der Waals surface area contributed by atoms with E-state index in [2.05, 4.69) is 17.4 Å². The molecule has 0 spiro atoms. The maximum absolute atomic E-state index is 13.0. The zero-order valence-corrected chi connectivity index (χ0v) is 16.2. The summed E-state index contributed by atoms with van der Waals surface area (Å²) in [7, 11) is 0. The van der Waals surface area contributed by atoms with E-state index in [-0.39, 0.29) is 11.4 Å². The van der Waals surface area contributed by atoms with Crippen LogP contribution in [0, 0.1) is 17.7 Å². The Bertz CT molecular complexity index is 836. The van der Waals surface area contributed by atoms with Crippen LogP contribution in [0.1, 0.15) is 49.7 Å². The van der Waals surface area contributed by atoms with E-state index in [0.29, 0.717) is 18.4 Å². The lowest BCUT2D eigenvalue weighted by Crippen LogP contribution is -2.64. The standard InChI is InChI=1S/C24H28FNO2/c25-21-6-4-17(5-7-21)15-28-22-3-1-2-18(9-22)14-26-23-10-19-8-20(11-23)13-24(27,12-19)16-23/h1-7,9,19-20,26-27H,8,10-16H2. The maximum atomic E-state index is 13.0. The Morgan fingerprint density at radius 1 is 1.00 bits per heavy atom. The second kappa shape index (κ2) is 6.85. The molecule has 4 bridgehead atoms. The third-order valence-electron chi connectivity index (χ3n) is 6.91. The molecule has 3 nitrogen and oxygen atoms in total. The molecule has 4 heteroatoms. The van der Waals surface area contributed by atoms with Gasteiger partial charge in [-0.05, 0) is 85.8 Å². The Morgan fingerprint density at radius 3 is 2.46 bits per heavy atom. The van der Waals surface area contributed by atoms with Gasteiger partial charge in [-0.15, -0.1) is 0 Å². The molecule has 0 radical (unpaired) electrons. The highest BCUT2D eigenvalue weighted by Gasteiger charge is 2.56. The van der Waals surface area contributed by atoms with Crippen molar-refractivity contribution in [2.45, 2.75) is 62.8 Å². The topological polar surface area (TPSA) is 41.5 Å². The van der Waals surface area contributed by atoms with Crippen molar-refractivity contribution in [1.29, 1.82) is 0 Å². The van der Waals surface area contributed by atoms with Gasteiger partial charge in [-0.2, -0.15) is 0 Å². The molecular weight excluding hydrogens is 353 g/mol. The van der Waals surface area contributed by atoms with E-state index in [1.165, 1.54) is 37.0 Å². The molecule has 148 valence electrons. The van der Waals surface area contributed by atoms with E-state index in [9.17, 15) is 9.50 Å². The van der Waals surface area contributed by atoms with Crippen LogP contribution in [0.4, 0.5) is 4.39 Å². The Balaban J connectivity index is 1.22. The summed E-state index contributed by atoms with van der Waals surface area (Å²) >= 11 is 0. The number of rotatable bonds is 6. The fraction of sp³-hybridized carbons (Fsp3) is 0.500. The van der Waals surface area contributed by atoms with Crippen LogP contribution >= 0.6 is 0 Å². The van der Waals surface area contributed by atoms with Crippen molar-refractivity contribution in [3.63, 3.8) is 0 Å². The predicted molar refractivity (Wildman–Crippen MR) is 106 cm³/mol. The average molecular weight is 381 g/mol. The van der Waals surface area contributed by atoms with Crippen molar-refractivity contribution >= 4 is 0 Å². The number of hydrogen-bond acceptors (Lipinski definition) is 3. The monoisotopic (exact) mass is 381 g/mol. The SMILES string of the molecule is OC12CC3CC(C1)CC(NCc1cccc(OCc4ccc(F)cc4)c1)(C3)C2. The van der Waals surface area contributed by atoms with Crippen LogP contribution < -0.4 is 10.1 Å². The van der Waals surface area contributed by atoms with Crippen LogP contribution in [0.25, 0.3) is 0 Å². The number of aliphatic hydroxyl groups is 1. The molecule has 2 unspecified atom stereocenters. The molecule has 0 aliphatic heterocycles. The van der Waals surface area contributed by atoms with E-state index < -0.39 is 5.60 Å². The second-order valence-electron chi connectivity index (χ2n) is 9.38. The average Bonchev–Trinajstić information content (AvgIpc) is 2.65. The normalized spacial score (nSPS) is 33.2. The minimum Gasteiger partial charge on any atom is -0.489 e. The number of halogens is 1. The molecule has 4 saturated carbocycles. The lowest BCUT2D eigenvalue weighted by molar-refractivity contribution is -0.142. The summed E-state index contributed by atoms with van der Waals surface area (Å²) in [6.45, 7) is 1.22. The summed E-state index contributed by atoms with van der Waals surface area (Å²) in [5.41, 5.74) is 1.81. The quantitative estimate of drug-likeness (QED) is 0.770. The third kappa shape index (κ3) is 3.68.